The van der Waals surface area contributed by atoms with E-state index in [4.69, 9.17) is 10.00 Å². The summed E-state index contributed by atoms with van der Waals surface area (Å²) >= 11 is 0. The number of benzene rings is 2. The van der Waals surface area contributed by atoms with Crippen LogP contribution >= 0.6 is 0 Å². The molecule has 0 saturated carbocycles. The molecule has 2 aromatic rings. The van der Waals surface area contributed by atoms with Gasteiger partial charge in [-0.2, -0.15) is 5.26 Å². The Kier molecular flexibility index (Phi) is 5.53. The van der Waals surface area contributed by atoms with Crippen LogP contribution in [-0.2, 0) is 17.8 Å². The fraction of sp³-hybridized carbons (Fsp3) is 0.300. The Morgan fingerprint density at radius 1 is 0.960 bits per heavy atom. The molecule has 0 atom stereocenters. The monoisotopic (exact) mass is 335 g/mol. The number of rotatable bonds is 4. The van der Waals surface area contributed by atoms with Gasteiger partial charge in [0.2, 0.25) is 0 Å². The summed E-state index contributed by atoms with van der Waals surface area (Å²) in [5.41, 5.74) is 3.14. The van der Waals surface area contributed by atoms with Crippen molar-refractivity contribution in [3.8, 4) is 6.07 Å². The second kappa shape index (κ2) is 8.20. The zero-order valence-electron chi connectivity index (χ0n) is 14.1. The van der Waals surface area contributed by atoms with Crippen LogP contribution in [-0.4, -0.2) is 37.2 Å². The Morgan fingerprint density at radius 3 is 2.28 bits per heavy atom. The van der Waals surface area contributed by atoms with E-state index in [0.29, 0.717) is 26.1 Å². The molecule has 3 rings (SSSR count). The fourth-order valence-corrected chi connectivity index (χ4v) is 2.87. The molecule has 5 nitrogen and oxygen atoms in total. The highest BCUT2D eigenvalue weighted by molar-refractivity contribution is 5.68. The molecule has 1 amide bonds. The number of nitriles is 1. The third-order valence-electron chi connectivity index (χ3n) is 4.33. The molecule has 1 aliphatic heterocycles. The molecule has 25 heavy (non-hydrogen) atoms. The first-order valence-corrected chi connectivity index (χ1v) is 8.43. The minimum atomic E-state index is -0.257. The maximum atomic E-state index is 12.2. The van der Waals surface area contributed by atoms with Crippen molar-refractivity contribution in [1.29, 1.82) is 5.26 Å². The third kappa shape index (κ3) is 4.51. The summed E-state index contributed by atoms with van der Waals surface area (Å²) in [6.07, 6.45) is 0.175. The van der Waals surface area contributed by atoms with Crippen LogP contribution in [0.25, 0.3) is 0 Å². The Bertz CT molecular complexity index is 730. The summed E-state index contributed by atoms with van der Waals surface area (Å²) in [5, 5.41) is 8.73. The highest BCUT2D eigenvalue weighted by Gasteiger charge is 2.22. The molecule has 0 aliphatic carbocycles. The molecular weight excluding hydrogens is 314 g/mol. The predicted octanol–water partition coefficient (Wildman–Crippen LogP) is 3.21. The highest BCUT2D eigenvalue weighted by Crippen LogP contribution is 2.18. The Labute approximate surface area is 148 Å². The number of piperazine rings is 1. The van der Waals surface area contributed by atoms with Gasteiger partial charge in [-0.15, -0.1) is 0 Å². The number of amides is 1. The lowest BCUT2D eigenvalue weighted by molar-refractivity contribution is 0.0942. The van der Waals surface area contributed by atoms with Crippen LogP contribution in [0.1, 0.15) is 11.1 Å². The van der Waals surface area contributed by atoms with Gasteiger partial charge in [-0.25, -0.2) is 4.79 Å². The molecule has 1 fully saturated rings. The first-order chi connectivity index (χ1) is 12.3. The smallest absolute Gasteiger partial charge is 0.410 e. The molecule has 0 unspecified atom stereocenters. The summed E-state index contributed by atoms with van der Waals surface area (Å²) in [6, 6.07) is 19.9. The summed E-state index contributed by atoms with van der Waals surface area (Å²) in [4.78, 5) is 16.2. The zero-order chi connectivity index (χ0) is 17.5. The number of carbonyl (C=O) groups is 1. The number of hydrogen-bond donors (Lipinski definition) is 0. The quantitative estimate of drug-likeness (QED) is 0.861. The normalized spacial score (nSPS) is 14.0. The maximum Gasteiger partial charge on any atom is 0.410 e. The molecule has 1 heterocycles. The van der Waals surface area contributed by atoms with Gasteiger partial charge in [0.05, 0.1) is 12.5 Å². The van der Waals surface area contributed by atoms with Crippen molar-refractivity contribution >= 4 is 11.8 Å². The van der Waals surface area contributed by atoms with Crippen molar-refractivity contribution in [2.75, 3.05) is 31.1 Å². The number of hydrogen-bond acceptors (Lipinski definition) is 4. The van der Waals surface area contributed by atoms with Crippen molar-refractivity contribution in [3.63, 3.8) is 0 Å². The van der Waals surface area contributed by atoms with Gasteiger partial charge in [0, 0.05) is 31.9 Å². The van der Waals surface area contributed by atoms with Crippen LogP contribution in [0, 0.1) is 11.3 Å². The SMILES string of the molecule is N#CCc1ccc(N2CCN(C(=O)OCc3ccccc3)CC2)cc1. The maximum absolute atomic E-state index is 12.2. The van der Waals surface area contributed by atoms with Gasteiger partial charge in [-0.1, -0.05) is 42.5 Å². The van der Waals surface area contributed by atoms with E-state index >= 15 is 0 Å². The third-order valence-corrected chi connectivity index (χ3v) is 4.33. The van der Waals surface area contributed by atoms with Gasteiger partial charge in [0.15, 0.2) is 0 Å². The molecule has 2 aromatic carbocycles. The molecule has 128 valence electrons. The highest BCUT2D eigenvalue weighted by atomic mass is 16.6. The van der Waals surface area contributed by atoms with Crippen molar-refractivity contribution in [2.24, 2.45) is 0 Å². The van der Waals surface area contributed by atoms with Crippen LogP contribution in [0.3, 0.4) is 0 Å². The molecule has 0 spiro atoms. The Morgan fingerprint density at radius 2 is 1.64 bits per heavy atom. The Hall–Kier alpha value is -3.00. The number of nitrogens with zero attached hydrogens (tertiary/aromatic N) is 3. The van der Waals surface area contributed by atoms with Crippen molar-refractivity contribution in [2.45, 2.75) is 13.0 Å². The van der Waals surface area contributed by atoms with Crippen LogP contribution in [0.15, 0.2) is 54.6 Å². The van der Waals surface area contributed by atoms with Crippen molar-refractivity contribution in [1.82, 2.24) is 4.90 Å². The van der Waals surface area contributed by atoms with Crippen LogP contribution in [0.4, 0.5) is 10.5 Å². The van der Waals surface area contributed by atoms with Gasteiger partial charge in [0.25, 0.3) is 0 Å². The largest absolute Gasteiger partial charge is 0.445 e. The average molecular weight is 335 g/mol. The summed E-state index contributed by atoms with van der Waals surface area (Å²) < 4.78 is 5.39. The zero-order valence-corrected chi connectivity index (χ0v) is 14.1. The minimum Gasteiger partial charge on any atom is -0.445 e. The summed E-state index contributed by atoms with van der Waals surface area (Å²) in [7, 11) is 0. The molecule has 1 saturated heterocycles. The molecule has 1 aliphatic rings. The lowest BCUT2D eigenvalue weighted by Gasteiger charge is -2.35. The van der Waals surface area contributed by atoms with E-state index in [1.54, 1.807) is 4.90 Å². The molecule has 0 radical (unpaired) electrons. The lowest BCUT2D eigenvalue weighted by atomic mass is 10.1. The van der Waals surface area contributed by atoms with Crippen molar-refractivity contribution in [3.05, 3.63) is 65.7 Å². The van der Waals surface area contributed by atoms with Gasteiger partial charge in [-0.05, 0) is 23.3 Å². The van der Waals surface area contributed by atoms with E-state index in [9.17, 15) is 4.79 Å². The Balaban J connectivity index is 1.48. The second-order valence-electron chi connectivity index (χ2n) is 6.02. The molecule has 0 bridgehead atoms. The van der Waals surface area contributed by atoms with E-state index in [1.807, 2.05) is 54.6 Å². The summed E-state index contributed by atoms with van der Waals surface area (Å²) in [6.45, 7) is 3.15. The number of anilines is 1. The van der Waals surface area contributed by atoms with Gasteiger partial charge >= 0.3 is 6.09 Å². The molecule has 5 heteroatoms. The fourth-order valence-electron chi connectivity index (χ4n) is 2.87. The second-order valence-corrected chi connectivity index (χ2v) is 6.02. The first kappa shape index (κ1) is 16.8. The minimum absolute atomic E-state index is 0.257. The van der Waals surface area contributed by atoms with Crippen LogP contribution in [0.5, 0.6) is 0 Å². The van der Waals surface area contributed by atoms with E-state index in [0.717, 1.165) is 29.9 Å². The number of ether oxygens (including phenoxy) is 1. The first-order valence-electron chi connectivity index (χ1n) is 8.43. The van der Waals surface area contributed by atoms with E-state index < -0.39 is 0 Å². The van der Waals surface area contributed by atoms with E-state index in [2.05, 4.69) is 11.0 Å². The van der Waals surface area contributed by atoms with Gasteiger partial charge in [0.1, 0.15) is 6.61 Å². The molecular formula is C20H21N3O2. The standard InChI is InChI=1S/C20H21N3O2/c21-11-10-17-6-8-19(9-7-17)22-12-14-23(15-13-22)20(24)25-16-18-4-2-1-3-5-18/h1-9H,10,12-16H2. The topological polar surface area (TPSA) is 56.6 Å². The van der Waals surface area contributed by atoms with E-state index in [1.165, 1.54) is 0 Å². The van der Waals surface area contributed by atoms with Crippen LogP contribution < -0.4 is 4.90 Å². The van der Waals surface area contributed by atoms with Crippen molar-refractivity contribution < 1.29 is 9.53 Å². The summed E-state index contributed by atoms with van der Waals surface area (Å²) in [5.74, 6) is 0. The molecule has 0 N–H and O–H groups in total. The molecule has 0 aromatic heterocycles. The lowest BCUT2D eigenvalue weighted by Crippen LogP contribution is -2.48. The van der Waals surface area contributed by atoms with Gasteiger partial charge < -0.3 is 14.5 Å². The van der Waals surface area contributed by atoms with E-state index in [-0.39, 0.29) is 6.09 Å². The number of carbonyl (C=O) groups excluding carboxylic acids is 1. The average Bonchev–Trinajstić information content (AvgIpc) is 2.68. The predicted molar refractivity (Wildman–Crippen MR) is 96.2 cm³/mol. The van der Waals surface area contributed by atoms with Crippen LogP contribution in [0.2, 0.25) is 0 Å². The van der Waals surface area contributed by atoms with Gasteiger partial charge in [-0.3, -0.25) is 0 Å².